The van der Waals surface area contributed by atoms with Gasteiger partial charge in [-0.2, -0.15) is 26.3 Å². The molecule has 3 rings (SSSR count). The molecule has 3 N–H and O–H groups in total. The number of thiol groups is 1. The number of H-pyrrole nitrogens is 1. The van der Waals surface area contributed by atoms with Crippen LogP contribution in [-0.2, 0) is 12.8 Å². The first kappa shape index (κ1) is 51.2. The number of unbranched alkanes of at least 4 members (excludes halogenated alkanes) is 18. The Balaban J connectivity index is 0.00000100. The maximum atomic E-state index is 12.3. The van der Waals surface area contributed by atoms with Crippen molar-refractivity contribution in [3.05, 3.63) is 63.8 Å². The van der Waals surface area contributed by atoms with Crippen LogP contribution in [0.3, 0.4) is 0 Å². The van der Waals surface area contributed by atoms with Gasteiger partial charge in [0.1, 0.15) is 5.56 Å². The molecule has 0 saturated carbocycles. The number of aromatic nitrogens is 1. The van der Waals surface area contributed by atoms with Crippen LogP contribution in [0.1, 0.15) is 176 Å². The summed E-state index contributed by atoms with van der Waals surface area (Å²) in [4.78, 5) is 10.3. The average molecular weight is 861 g/mol. The topological polar surface area (TPSA) is 78.3 Å². The number of aromatic amines is 1. The minimum absolute atomic E-state index is 0.00231. The van der Waals surface area contributed by atoms with Crippen LogP contribution in [0.4, 0.5) is 32.0 Å². The van der Waals surface area contributed by atoms with Crippen LogP contribution in [0.5, 0.6) is 0 Å². The smallest absolute Gasteiger partial charge is 0.389 e. The number of hydrogen-bond donors (Lipinski definition) is 4. The van der Waals surface area contributed by atoms with E-state index in [1.165, 1.54) is 67.2 Å². The molecule has 2 aromatic carbocycles. The molecule has 1 heterocycles. The number of carboxylic acids is 1. The molecule has 0 aliphatic heterocycles. The summed E-state index contributed by atoms with van der Waals surface area (Å²) in [5.74, 6) is -1.14. The van der Waals surface area contributed by atoms with Crippen LogP contribution < -0.4 is 5.32 Å². The molecular formula is C45H66F6N2O3S2. The second kappa shape index (κ2) is 29.3. The van der Waals surface area contributed by atoms with Gasteiger partial charge in [0.2, 0.25) is 5.09 Å². The first-order valence-electron chi connectivity index (χ1n) is 21.4. The molecule has 0 bridgehead atoms. The van der Waals surface area contributed by atoms with Crippen LogP contribution in [0.25, 0.3) is 11.1 Å². The fraction of sp³-hybridized carbons (Fsp3) is 0.644. The molecule has 0 spiro atoms. The van der Waals surface area contributed by atoms with Crippen molar-refractivity contribution in [2.24, 2.45) is 0 Å². The van der Waals surface area contributed by atoms with Crippen LogP contribution in [0.2, 0.25) is 0 Å². The normalized spacial score (nSPS) is 11.7. The zero-order valence-corrected chi connectivity index (χ0v) is 36.0. The summed E-state index contributed by atoms with van der Waals surface area (Å²) < 4.78 is 78.6. The van der Waals surface area contributed by atoms with Gasteiger partial charge in [-0.1, -0.05) is 152 Å². The van der Waals surface area contributed by atoms with Gasteiger partial charge in [-0.15, -0.1) is 12.6 Å². The predicted molar refractivity (Wildman–Crippen MR) is 230 cm³/mol. The lowest BCUT2D eigenvalue weighted by Crippen LogP contribution is -2.06. The maximum Gasteiger partial charge on any atom is 0.389 e. The van der Waals surface area contributed by atoms with E-state index in [1.807, 2.05) is 0 Å². The number of carbonyl (C=O) groups is 1. The molecule has 0 radical (unpaired) electrons. The van der Waals surface area contributed by atoms with E-state index < -0.39 is 31.2 Å². The highest BCUT2D eigenvalue weighted by molar-refractivity contribution is 7.80. The van der Waals surface area contributed by atoms with Crippen molar-refractivity contribution in [2.45, 2.75) is 185 Å². The number of carboxylic acid groups (broad SMARTS) is 1. The zero-order valence-electron chi connectivity index (χ0n) is 34.3. The van der Waals surface area contributed by atoms with E-state index in [-0.39, 0.29) is 28.1 Å². The van der Waals surface area contributed by atoms with Gasteiger partial charge < -0.3 is 14.9 Å². The van der Waals surface area contributed by atoms with Gasteiger partial charge in [-0.25, -0.2) is 9.95 Å². The second-order valence-electron chi connectivity index (χ2n) is 15.3. The summed E-state index contributed by atoms with van der Waals surface area (Å²) >= 11 is 8.28. The van der Waals surface area contributed by atoms with E-state index in [0.717, 1.165) is 89.3 Å². The third kappa shape index (κ3) is 24.2. The molecule has 58 heavy (non-hydrogen) atoms. The highest BCUT2D eigenvalue weighted by Crippen LogP contribution is 2.30. The first-order valence-corrected chi connectivity index (χ1v) is 22.3. The maximum absolute atomic E-state index is 12.3. The van der Waals surface area contributed by atoms with Crippen molar-refractivity contribution in [3.63, 3.8) is 0 Å². The van der Waals surface area contributed by atoms with Crippen LogP contribution in [-0.4, -0.2) is 35.1 Å². The number of halogens is 6. The molecule has 5 nitrogen and oxygen atoms in total. The summed E-state index contributed by atoms with van der Waals surface area (Å²) in [6, 6.07) is 15.7. The van der Waals surface area contributed by atoms with Crippen LogP contribution in [0, 0.1) is 4.64 Å². The minimum atomic E-state index is -4.04. The Morgan fingerprint density at radius 1 is 0.690 bits per heavy atom. The van der Waals surface area contributed by atoms with E-state index in [9.17, 15) is 31.1 Å². The van der Waals surface area contributed by atoms with Gasteiger partial charge in [0.15, 0.2) is 4.64 Å². The van der Waals surface area contributed by atoms with Crippen molar-refractivity contribution in [1.82, 2.24) is 5.16 Å². The summed E-state index contributed by atoms with van der Waals surface area (Å²) in [6.07, 6.45) is 13.6. The quantitative estimate of drug-likeness (QED) is 0.0242. The zero-order chi connectivity index (χ0) is 42.7. The molecule has 0 aliphatic carbocycles. The molecule has 0 saturated heterocycles. The third-order valence-corrected chi connectivity index (χ3v) is 10.8. The van der Waals surface area contributed by atoms with Crippen molar-refractivity contribution >= 4 is 36.5 Å². The highest BCUT2D eigenvalue weighted by atomic mass is 32.1. The third-order valence-electron chi connectivity index (χ3n) is 10.2. The monoisotopic (exact) mass is 860 g/mol. The Kier molecular flexibility index (Phi) is 25.9. The highest BCUT2D eigenvalue weighted by Gasteiger charge is 2.26. The minimum Gasteiger partial charge on any atom is -0.477 e. The average Bonchev–Trinajstić information content (AvgIpc) is 3.51. The molecular weight excluding hydrogens is 795 g/mol. The summed E-state index contributed by atoms with van der Waals surface area (Å²) in [7, 11) is 0. The van der Waals surface area contributed by atoms with E-state index in [2.05, 4.69) is 89.2 Å². The molecule has 13 heteroatoms. The number of aromatic carboxylic acids is 1. The van der Waals surface area contributed by atoms with Gasteiger partial charge in [0.25, 0.3) is 0 Å². The molecule has 3 aromatic rings. The molecule has 1 aromatic heterocycles. The van der Waals surface area contributed by atoms with E-state index in [1.54, 1.807) is 0 Å². The second-order valence-corrected chi connectivity index (χ2v) is 16.1. The SMILES string of the molecule is CCCCCCCCCNc1ccc(-c2cc(CCCCCCCCCC(F)(F)F)ccc2CCCCCCCCCC(F)(F)F)cc1.O=C(O)c1c(S)o[nH]c1=S. The lowest BCUT2D eigenvalue weighted by atomic mass is 9.92. The number of aryl methyl sites for hydroxylation is 2. The van der Waals surface area contributed by atoms with Gasteiger partial charge >= 0.3 is 18.3 Å². The lowest BCUT2D eigenvalue weighted by Gasteiger charge is -2.14. The molecule has 0 amide bonds. The van der Waals surface area contributed by atoms with Crippen LogP contribution >= 0.6 is 24.8 Å². The number of benzene rings is 2. The fourth-order valence-electron chi connectivity index (χ4n) is 6.89. The van der Waals surface area contributed by atoms with Gasteiger partial charge in [-0.05, 0) is 79.3 Å². The Morgan fingerprint density at radius 3 is 1.64 bits per heavy atom. The molecule has 0 aliphatic rings. The van der Waals surface area contributed by atoms with Crippen molar-refractivity contribution < 1.29 is 40.8 Å². The Bertz CT molecular complexity index is 1590. The van der Waals surface area contributed by atoms with Crippen molar-refractivity contribution in [2.75, 3.05) is 11.9 Å². The molecule has 0 fully saturated rings. The molecule has 328 valence electrons. The first-order chi connectivity index (χ1) is 27.7. The van der Waals surface area contributed by atoms with Crippen LogP contribution in [0.15, 0.2) is 52.1 Å². The van der Waals surface area contributed by atoms with Gasteiger partial charge in [0, 0.05) is 25.1 Å². The number of hydrogen-bond acceptors (Lipinski definition) is 5. The van der Waals surface area contributed by atoms with E-state index >= 15 is 0 Å². The fourth-order valence-corrected chi connectivity index (χ4v) is 7.44. The number of nitrogens with one attached hydrogen (secondary N) is 2. The van der Waals surface area contributed by atoms with Crippen molar-refractivity contribution in [1.29, 1.82) is 0 Å². The van der Waals surface area contributed by atoms with E-state index in [0.29, 0.717) is 12.8 Å². The molecule has 0 unspecified atom stereocenters. The Labute approximate surface area is 352 Å². The largest absolute Gasteiger partial charge is 0.477 e. The number of rotatable bonds is 29. The molecule has 0 atom stereocenters. The summed E-state index contributed by atoms with van der Waals surface area (Å²) in [5, 5.41) is 14.2. The number of anilines is 1. The standard InChI is InChI=1S/C41H63F6N.C4H3NO3S2/c1-2-3-4-5-12-17-22-33-48-38-29-27-37(28-30-38)39-34-35(23-18-13-8-6-10-15-20-31-40(42,43)44)25-26-36(39)24-19-14-9-7-11-16-21-32-41(45,46)47;6-3(7)1-2(9)5-8-4(1)10/h25-30,34,48H,2-24,31-33H2,1H3;10H,(H,5,9)(H,6,7). The Hall–Kier alpha value is -2.93. The van der Waals surface area contributed by atoms with E-state index in [4.69, 9.17) is 5.11 Å². The predicted octanol–water partition coefficient (Wildman–Crippen LogP) is 16.3. The summed E-state index contributed by atoms with van der Waals surface area (Å²) in [5.41, 5.74) is 6.21. The summed E-state index contributed by atoms with van der Waals surface area (Å²) in [6.45, 7) is 3.24. The van der Waals surface area contributed by atoms with Gasteiger partial charge in [-0.3, -0.25) is 0 Å². The lowest BCUT2D eigenvalue weighted by molar-refractivity contribution is -0.136. The number of alkyl halides is 6. The Morgan fingerprint density at radius 2 is 1.17 bits per heavy atom. The van der Waals surface area contributed by atoms with Gasteiger partial charge in [0.05, 0.1) is 0 Å². The van der Waals surface area contributed by atoms with Crippen molar-refractivity contribution in [3.8, 4) is 11.1 Å².